The van der Waals surface area contributed by atoms with Gasteiger partial charge < -0.3 is 14.3 Å². The molecular weight excluding hydrogens is 288 g/mol. The number of esters is 1. The standard InChI is InChI=1S/C16H14O6/c1-2-21-15(18)5-3-4-10-6-7-13-11(8-10)12(17)9-14(22-13)16(19)20/h3-4,6-9H,2,5H2,1H3,(H,19,20). The summed E-state index contributed by atoms with van der Waals surface area (Å²) in [6, 6.07) is 5.71. The van der Waals surface area contributed by atoms with E-state index in [2.05, 4.69) is 0 Å². The monoisotopic (exact) mass is 302 g/mol. The van der Waals surface area contributed by atoms with E-state index in [0.29, 0.717) is 12.2 Å². The Bertz CT molecular complexity index is 800. The first-order valence-corrected chi connectivity index (χ1v) is 6.64. The maximum absolute atomic E-state index is 11.9. The summed E-state index contributed by atoms with van der Waals surface area (Å²) in [6.07, 6.45) is 3.45. The van der Waals surface area contributed by atoms with Crippen LogP contribution in [0.3, 0.4) is 0 Å². The maximum atomic E-state index is 11.9. The molecule has 6 heteroatoms. The molecule has 0 aliphatic rings. The second-order valence-electron chi connectivity index (χ2n) is 4.45. The quantitative estimate of drug-likeness (QED) is 0.853. The zero-order valence-corrected chi connectivity index (χ0v) is 11.9. The van der Waals surface area contributed by atoms with Crippen LogP contribution in [0.1, 0.15) is 29.5 Å². The zero-order valence-electron chi connectivity index (χ0n) is 11.9. The van der Waals surface area contributed by atoms with Crippen molar-refractivity contribution in [3.05, 3.63) is 51.9 Å². The van der Waals surface area contributed by atoms with Crippen LogP contribution in [0.25, 0.3) is 17.0 Å². The van der Waals surface area contributed by atoms with Gasteiger partial charge in [-0.05, 0) is 24.6 Å². The highest BCUT2D eigenvalue weighted by Crippen LogP contribution is 2.16. The van der Waals surface area contributed by atoms with Gasteiger partial charge >= 0.3 is 11.9 Å². The van der Waals surface area contributed by atoms with Crippen molar-refractivity contribution in [3.63, 3.8) is 0 Å². The minimum Gasteiger partial charge on any atom is -0.475 e. The van der Waals surface area contributed by atoms with E-state index in [1.54, 1.807) is 31.2 Å². The summed E-state index contributed by atoms with van der Waals surface area (Å²) in [4.78, 5) is 33.9. The van der Waals surface area contributed by atoms with E-state index in [-0.39, 0.29) is 23.4 Å². The third kappa shape index (κ3) is 3.60. The normalized spacial score (nSPS) is 11.0. The molecule has 1 N–H and O–H groups in total. The van der Waals surface area contributed by atoms with E-state index in [1.165, 1.54) is 6.07 Å². The number of carbonyl (C=O) groups excluding carboxylic acids is 1. The van der Waals surface area contributed by atoms with Crippen LogP contribution < -0.4 is 5.43 Å². The molecular formula is C16H14O6. The summed E-state index contributed by atoms with van der Waals surface area (Å²) in [5.74, 6) is -2.02. The van der Waals surface area contributed by atoms with Crippen molar-refractivity contribution in [2.24, 2.45) is 0 Å². The first kappa shape index (κ1) is 15.5. The fourth-order valence-corrected chi connectivity index (χ4v) is 1.89. The Hall–Kier alpha value is -2.89. The lowest BCUT2D eigenvalue weighted by Crippen LogP contribution is -2.06. The van der Waals surface area contributed by atoms with Crippen molar-refractivity contribution >= 4 is 29.0 Å². The van der Waals surface area contributed by atoms with Gasteiger partial charge in [-0.1, -0.05) is 18.2 Å². The molecule has 0 saturated carbocycles. The second-order valence-corrected chi connectivity index (χ2v) is 4.45. The third-order valence-electron chi connectivity index (χ3n) is 2.86. The number of benzene rings is 1. The summed E-state index contributed by atoms with van der Waals surface area (Å²) in [7, 11) is 0. The van der Waals surface area contributed by atoms with Gasteiger partial charge in [0.15, 0.2) is 5.43 Å². The first-order valence-electron chi connectivity index (χ1n) is 6.64. The molecule has 0 atom stereocenters. The number of carbonyl (C=O) groups is 2. The highest BCUT2D eigenvalue weighted by molar-refractivity contribution is 5.88. The molecule has 0 amide bonds. The first-order chi connectivity index (χ1) is 10.5. The summed E-state index contributed by atoms with van der Waals surface area (Å²) < 4.78 is 9.93. The number of carboxylic acids is 1. The summed E-state index contributed by atoms with van der Waals surface area (Å²) in [6.45, 7) is 2.06. The smallest absolute Gasteiger partial charge is 0.371 e. The lowest BCUT2D eigenvalue weighted by atomic mass is 10.1. The van der Waals surface area contributed by atoms with Crippen molar-refractivity contribution in [1.82, 2.24) is 0 Å². The van der Waals surface area contributed by atoms with Crippen LogP contribution >= 0.6 is 0 Å². The van der Waals surface area contributed by atoms with E-state index in [1.807, 2.05) is 0 Å². The summed E-state index contributed by atoms with van der Waals surface area (Å²) >= 11 is 0. The van der Waals surface area contributed by atoms with Crippen LogP contribution in [0.2, 0.25) is 0 Å². The summed E-state index contributed by atoms with van der Waals surface area (Å²) in [5, 5.41) is 9.13. The van der Waals surface area contributed by atoms with E-state index >= 15 is 0 Å². The number of rotatable bonds is 5. The molecule has 0 radical (unpaired) electrons. The van der Waals surface area contributed by atoms with Gasteiger partial charge in [0.1, 0.15) is 5.58 Å². The Balaban J connectivity index is 2.27. The number of hydrogen-bond donors (Lipinski definition) is 1. The van der Waals surface area contributed by atoms with Crippen LogP contribution in [0, 0.1) is 0 Å². The van der Waals surface area contributed by atoms with Gasteiger partial charge in [-0.15, -0.1) is 0 Å². The Morgan fingerprint density at radius 3 is 2.77 bits per heavy atom. The van der Waals surface area contributed by atoms with Crippen molar-refractivity contribution in [2.45, 2.75) is 13.3 Å². The maximum Gasteiger partial charge on any atom is 0.371 e. The molecule has 0 spiro atoms. The Kier molecular flexibility index (Phi) is 4.73. The summed E-state index contributed by atoms with van der Waals surface area (Å²) in [5.41, 5.74) is 0.471. The van der Waals surface area contributed by atoms with Gasteiger partial charge in [-0.25, -0.2) is 4.79 Å². The van der Waals surface area contributed by atoms with Gasteiger partial charge in [0.2, 0.25) is 5.76 Å². The SMILES string of the molecule is CCOC(=O)CC=Cc1ccc2oc(C(=O)O)cc(=O)c2c1. The Morgan fingerprint density at radius 1 is 1.32 bits per heavy atom. The average Bonchev–Trinajstić information content (AvgIpc) is 2.47. The molecule has 1 heterocycles. The zero-order chi connectivity index (χ0) is 16.1. The van der Waals surface area contributed by atoms with Gasteiger partial charge in [0.05, 0.1) is 18.4 Å². The number of ether oxygens (including phenoxy) is 1. The number of carboxylic acid groups (broad SMARTS) is 1. The number of hydrogen-bond acceptors (Lipinski definition) is 5. The van der Waals surface area contributed by atoms with Gasteiger partial charge in [0, 0.05) is 6.07 Å². The number of fused-ring (bicyclic) bond motifs is 1. The molecule has 22 heavy (non-hydrogen) atoms. The lowest BCUT2D eigenvalue weighted by Gasteiger charge is -2.01. The largest absolute Gasteiger partial charge is 0.475 e. The Labute approximate surface area is 125 Å². The van der Waals surface area contributed by atoms with E-state index < -0.39 is 17.2 Å². The topological polar surface area (TPSA) is 93.8 Å². The van der Waals surface area contributed by atoms with Crippen LogP contribution in [-0.2, 0) is 9.53 Å². The molecule has 1 aromatic heterocycles. The predicted octanol–water partition coefficient (Wildman–Crippen LogP) is 2.46. The molecule has 2 aromatic rings. The molecule has 0 bridgehead atoms. The molecule has 2 rings (SSSR count). The average molecular weight is 302 g/mol. The molecule has 114 valence electrons. The van der Waals surface area contributed by atoms with Crippen molar-refractivity contribution < 1.29 is 23.8 Å². The molecule has 0 unspecified atom stereocenters. The fraction of sp³-hybridized carbons (Fsp3) is 0.188. The van der Waals surface area contributed by atoms with Crippen molar-refractivity contribution in [1.29, 1.82) is 0 Å². The van der Waals surface area contributed by atoms with Crippen LogP contribution in [0.5, 0.6) is 0 Å². The van der Waals surface area contributed by atoms with Crippen LogP contribution in [0.4, 0.5) is 0 Å². The highest BCUT2D eigenvalue weighted by Gasteiger charge is 2.10. The highest BCUT2D eigenvalue weighted by atomic mass is 16.5. The van der Waals surface area contributed by atoms with Gasteiger partial charge in [-0.3, -0.25) is 9.59 Å². The number of aromatic carboxylic acids is 1. The molecule has 0 aliphatic carbocycles. The molecule has 0 fully saturated rings. The van der Waals surface area contributed by atoms with Crippen LogP contribution in [-0.4, -0.2) is 23.7 Å². The third-order valence-corrected chi connectivity index (χ3v) is 2.86. The van der Waals surface area contributed by atoms with Crippen LogP contribution in [0.15, 0.2) is 39.6 Å². The van der Waals surface area contributed by atoms with E-state index in [4.69, 9.17) is 14.3 Å². The van der Waals surface area contributed by atoms with E-state index in [0.717, 1.165) is 6.07 Å². The van der Waals surface area contributed by atoms with Crippen molar-refractivity contribution in [3.8, 4) is 0 Å². The second kappa shape index (κ2) is 6.71. The minimum absolute atomic E-state index is 0.137. The fourth-order valence-electron chi connectivity index (χ4n) is 1.89. The van der Waals surface area contributed by atoms with Crippen molar-refractivity contribution in [2.75, 3.05) is 6.61 Å². The molecule has 0 aliphatic heterocycles. The Morgan fingerprint density at radius 2 is 2.09 bits per heavy atom. The van der Waals surface area contributed by atoms with Gasteiger partial charge in [0.25, 0.3) is 0 Å². The predicted molar refractivity (Wildman–Crippen MR) is 79.7 cm³/mol. The van der Waals surface area contributed by atoms with E-state index in [9.17, 15) is 14.4 Å². The molecule has 0 saturated heterocycles. The van der Waals surface area contributed by atoms with Gasteiger partial charge in [-0.2, -0.15) is 0 Å². The lowest BCUT2D eigenvalue weighted by molar-refractivity contribution is -0.142. The molecule has 1 aromatic carbocycles. The minimum atomic E-state index is -1.29. The molecule has 6 nitrogen and oxygen atoms in total.